The highest BCUT2D eigenvalue weighted by Gasteiger charge is 2.02. The first-order valence-corrected chi connectivity index (χ1v) is 6.54. The van der Waals surface area contributed by atoms with Gasteiger partial charge >= 0.3 is 0 Å². The molecule has 0 heterocycles. The summed E-state index contributed by atoms with van der Waals surface area (Å²) in [5.41, 5.74) is 2.15. The van der Waals surface area contributed by atoms with E-state index in [9.17, 15) is 0 Å². The number of halogens is 2. The summed E-state index contributed by atoms with van der Waals surface area (Å²) in [5.74, 6) is 0. The minimum Gasteiger partial charge on any atom is -0.391 e. The lowest BCUT2D eigenvalue weighted by molar-refractivity contribution is 0.132. The van der Waals surface area contributed by atoms with Crippen molar-refractivity contribution in [1.82, 2.24) is 0 Å². The SMILES string of the molecule is N#Cc1ccc(CO/N=C/c2c(Cl)cccc2Cl)cc1. The van der Waals surface area contributed by atoms with E-state index in [-0.39, 0.29) is 0 Å². The van der Waals surface area contributed by atoms with Crippen LogP contribution in [0.2, 0.25) is 10.0 Å². The average Bonchev–Trinajstić information content (AvgIpc) is 2.46. The van der Waals surface area contributed by atoms with Crippen molar-refractivity contribution in [3.8, 4) is 6.07 Å². The molecular formula is C15H10Cl2N2O. The summed E-state index contributed by atoms with van der Waals surface area (Å²) < 4.78 is 0. The summed E-state index contributed by atoms with van der Waals surface area (Å²) in [6.45, 7) is 0.310. The molecule has 0 bridgehead atoms. The Morgan fingerprint density at radius 3 is 2.35 bits per heavy atom. The smallest absolute Gasteiger partial charge is 0.142 e. The molecule has 0 aliphatic carbocycles. The monoisotopic (exact) mass is 304 g/mol. The van der Waals surface area contributed by atoms with E-state index in [2.05, 4.69) is 11.2 Å². The van der Waals surface area contributed by atoms with Crippen molar-refractivity contribution in [2.75, 3.05) is 0 Å². The summed E-state index contributed by atoms with van der Waals surface area (Å²) in [7, 11) is 0. The summed E-state index contributed by atoms with van der Waals surface area (Å²) in [6.07, 6.45) is 1.48. The van der Waals surface area contributed by atoms with Crippen molar-refractivity contribution >= 4 is 29.4 Å². The molecule has 0 saturated heterocycles. The first-order chi connectivity index (χ1) is 9.70. The predicted molar refractivity (Wildman–Crippen MR) is 80.0 cm³/mol. The van der Waals surface area contributed by atoms with E-state index in [0.29, 0.717) is 27.8 Å². The van der Waals surface area contributed by atoms with Gasteiger partial charge in [-0.15, -0.1) is 0 Å². The number of hydrogen-bond donors (Lipinski definition) is 0. The second-order valence-corrected chi connectivity index (χ2v) is 4.77. The molecule has 3 nitrogen and oxygen atoms in total. The molecule has 0 N–H and O–H groups in total. The van der Waals surface area contributed by atoms with Crippen LogP contribution in [0.4, 0.5) is 0 Å². The van der Waals surface area contributed by atoms with E-state index in [0.717, 1.165) is 5.56 Å². The summed E-state index contributed by atoms with van der Waals surface area (Å²) in [6, 6.07) is 14.4. The lowest BCUT2D eigenvalue weighted by Crippen LogP contribution is -1.90. The van der Waals surface area contributed by atoms with E-state index in [1.807, 2.05) is 12.1 Å². The van der Waals surface area contributed by atoms with Crippen molar-refractivity contribution in [2.24, 2.45) is 5.16 Å². The Balaban J connectivity index is 1.95. The molecule has 100 valence electrons. The second-order valence-electron chi connectivity index (χ2n) is 3.95. The molecule has 0 fully saturated rings. The molecule has 5 heteroatoms. The Morgan fingerprint density at radius 2 is 1.75 bits per heavy atom. The third-order valence-electron chi connectivity index (χ3n) is 2.57. The van der Waals surface area contributed by atoms with Gasteiger partial charge in [0.1, 0.15) is 6.61 Å². The van der Waals surface area contributed by atoms with Crippen LogP contribution in [-0.4, -0.2) is 6.21 Å². The van der Waals surface area contributed by atoms with Crippen LogP contribution < -0.4 is 0 Å². The molecule has 0 aliphatic heterocycles. The van der Waals surface area contributed by atoms with Crippen LogP contribution in [0.3, 0.4) is 0 Å². The van der Waals surface area contributed by atoms with Crippen molar-refractivity contribution < 1.29 is 4.84 Å². The maximum Gasteiger partial charge on any atom is 0.142 e. The van der Waals surface area contributed by atoms with Gasteiger partial charge < -0.3 is 4.84 Å². The average molecular weight is 305 g/mol. The van der Waals surface area contributed by atoms with E-state index in [4.69, 9.17) is 33.3 Å². The molecule has 0 radical (unpaired) electrons. The van der Waals surface area contributed by atoms with E-state index < -0.39 is 0 Å². The fourth-order valence-corrected chi connectivity index (χ4v) is 2.01. The molecule has 0 aliphatic rings. The van der Waals surface area contributed by atoms with Crippen LogP contribution in [-0.2, 0) is 11.4 Å². The summed E-state index contributed by atoms with van der Waals surface area (Å²) in [5, 5.41) is 13.6. The van der Waals surface area contributed by atoms with Gasteiger partial charge in [-0.05, 0) is 29.8 Å². The van der Waals surface area contributed by atoms with Crippen molar-refractivity contribution in [1.29, 1.82) is 5.26 Å². The summed E-state index contributed by atoms with van der Waals surface area (Å²) in [4.78, 5) is 5.18. The number of nitriles is 1. The minimum atomic E-state index is 0.310. The van der Waals surface area contributed by atoms with Gasteiger partial charge in [0.05, 0.1) is 27.9 Å². The lowest BCUT2D eigenvalue weighted by Gasteiger charge is -2.01. The Morgan fingerprint density at radius 1 is 1.10 bits per heavy atom. The molecule has 0 saturated carbocycles. The van der Waals surface area contributed by atoms with Crippen molar-refractivity contribution in [2.45, 2.75) is 6.61 Å². The molecule has 2 rings (SSSR count). The molecule has 0 spiro atoms. The molecule has 2 aromatic carbocycles. The first-order valence-electron chi connectivity index (χ1n) is 5.79. The van der Waals surface area contributed by atoms with Gasteiger partial charge in [0.15, 0.2) is 0 Å². The largest absolute Gasteiger partial charge is 0.391 e. The molecule has 0 amide bonds. The third-order valence-corrected chi connectivity index (χ3v) is 3.23. The van der Waals surface area contributed by atoms with Gasteiger partial charge in [-0.3, -0.25) is 0 Å². The van der Waals surface area contributed by atoms with E-state index in [1.165, 1.54) is 6.21 Å². The standard InChI is InChI=1S/C15H10Cl2N2O/c16-14-2-1-3-15(17)13(14)9-19-20-10-12-6-4-11(8-18)5-7-12/h1-7,9H,10H2/b19-9+. The zero-order valence-electron chi connectivity index (χ0n) is 10.4. The highest BCUT2D eigenvalue weighted by molar-refractivity contribution is 6.38. The van der Waals surface area contributed by atoms with Gasteiger partial charge in [-0.1, -0.05) is 46.6 Å². The Hall–Kier alpha value is -2.02. The zero-order valence-corrected chi connectivity index (χ0v) is 11.9. The van der Waals surface area contributed by atoms with Crippen LogP contribution in [0.5, 0.6) is 0 Å². The van der Waals surface area contributed by atoms with Crippen molar-refractivity contribution in [3.05, 3.63) is 69.2 Å². The number of oxime groups is 1. The van der Waals surface area contributed by atoms with Gasteiger partial charge in [-0.2, -0.15) is 5.26 Å². The quantitative estimate of drug-likeness (QED) is 0.620. The number of hydrogen-bond acceptors (Lipinski definition) is 3. The Bertz CT molecular complexity index is 640. The minimum absolute atomic E-state index is 0.310. The second kappa shape index (κ2) is 6.95. The number of rotatable bonds is 4. The number of benzene rings is 2. The van der Waals surface area contributed by atoms with E-state index >= 15 is 0 Å². The van der Waals surface area contributed by atoms with Gasteiger partial charge in [-0.25, -0.2) is 0 Å². The number of nitrogens with zero attached hydrogens (tertiary/aromatic N) is 2. The van der Waals surface area contributed by atoms with Crippen LogP contribution in [0.15, 0.2) is 47.6 Å². The molecule has 0 atom stereocenters. The zero-order chi connectivity index (χ0) is 14.4. The maximum absolute atomic E-state index is 8.69. The highest BCUT2D eigenvalue weighted by Crippen LogP contribution is 2.22. The van der Waals surface area contributed by atoms with Crippen LogP contribution in [0, 0.1) is 11.3 Å². The van der Waals surface area contributed by atoms with Crippen LogP contribution >= 0.6 is 23.2 Å². The predicted octanol–water partition coefficient (Wildman–Crippen LogP) is 4.42. The Kier molecular flexibility index (Phi) is 5.00. The summed E-state index contributed by atoms with van der Waals surface area (Å²) >= 11 is 12.0. The topological polar surface area (TPSA) is 45.4 Å². The molecule has 0 unspecified atom stereocenters. The van der Waals surface area contributed by atoms with Crippen LogP contribution in [0.25, 0.3) is 0 Å². The highest BCUT2D eigenvalue weighted by atomic mass is 35.5. The maximum atomic E-state index is 8.69. The fourth-order valence-electron chi connectivity index (χ4n) is 1.51. The van der Waals surface area contributed by atoms with Crippen LogP contribution in [0.1, 0.15) is 16.7 Å². The normalized spacial score (nSPS) is 10.4. The fraction of sp³-hybridized carbons (Fsp3) is 0.0667. The molecule has 0 aromatic heterocycles. The van der Waals surface area contributed by atoms with Gasteiger partial charge in [0, 0.05) is 5.56 Å². The molecule has 20 heavy (non-hydrogen) atoms. The van der Waals surface area contributed by atoms with Crippen molar-refractivity contribution in [3.63, 3.8) is 0 Å². The molecular weight excluding hydrogens is 295 g/mol. The Labute approximate surface area is 127 Å². The van der Waals surface area contributed by atoms with Gasteiger partial charge in [0.2, 0.25) is 0 Å². The first kappa shape index (κ1) is 14.4. The van der Waals surface area contributed by atoms with E-state index in [1.54, 1.807) is 30.3 Å². The lowest BCUT2D eigenvalue weighted by atomic mass is 10.2. The third kappa shape index (κ3) is 3.74. The molecule has 2 aromatic rings. The van der Waals surface area contributed by atoms with Gasteiger partial charge in [0.25, 0.3) is 0 Å².